The summed E-state index contributed by atoms with van der Waals surface area (Å²) < 4.78 is 5.35. The van der Waals surface area contributed by atoms with E-state index < -0.39 is 0 Å². The van der Waals surface area contributed by atoms with Gasteiger partial charge in [-0.25, -0.2) is 4.79 Å². The summed E-state index contributed by atoms with van der Waals surface area (Å²) in [5.41, 5.74) is 1.31. The lowest BCUT2D eigenvalue weighted by atomic mass is 10.0. The molecule has 2 aromatic rings. The lowest BCUT2D eigenvalue weighted by Gasteiger charge is -2.31. The molecule has 0 radical (unpaired) electrons. The van der Waals surface area contributed by atoms with Gasteiger partial charge in [-0.1, -0.05) is 53.5 Å². The number of hydrogen-bond donors (Lipinski definition) is 1. The van der Waals surface area contributed by atoms with Gasteiger partial charge in [0, 0.05) is 24.2 Å². The number of carbonyl (C=O) groups excluding carboxylic acids is 2. The number of benzene rings is 2. The van der Waals surface area contributed by atoms with Crippen LogP contribution in [-0.4, -0.2) is 36.0 Å². The zero-order valence-electron chi connectivity index (χ0n) is 14.7. The highest BCUT2D eigenvalue weighted by molar-refractivity contribution is 6.35. The predicted octanol–water partition coefficient (Wildman–Crippen LogP) is 4.52. The van der Waals surface area contributed by atoms with Crippen molar-refractivity contribution in [2.75, 3.05) is 13.1 Å². The van der Waals surface area contributed by atoms with Crippen molar-refractivity contribution < 1.29 is 14.3 Å². The van der Waals surface area contributed by atoms with Gasteiger partial charge in [-0.15, -0.1) is 0 Å². The molecule has 142 valence electrons. The molecule has 0 aliphatic carbocycles. The molecule has 1 saturated heterocycles. The number of nitrogens with zero attached hydrogens (tertiary/aromatic N) is 1. The Bertz CT molecular complexity index is 806. The average Bonchev–Trinajstić information content (AvgIpc) is 2.69. The minimum Gasteiger partial charge on any atom is -0.445 e. The van der Waals surface area contributed by atoms with Gasteiger partial charge in [0.2, 0.25) is 0 Å². The number of amides is 2. The standard InChI is InChI=1S/C20H20Cl2N2O3/c21-15-6-7-18(22)17(12-15)19(25)23-16-8-10-24(11-9-16)20(26)27-13-14-4-2-1-3-5-14/h1-7,12,16H,8-11,13H2,(H,23,25). The molecule has 2 amide bonds. The van der Waals surface area contributed by atoms with Crippen LogP contribution in [0.2, 0.25) is 10.0 Å². The van der Waals surface area contributed by atoms with E-state index >= 15 is 0 Å². The van der Waals surface area contributed by atoms with E-state index in [0.29, 0.717) is 41.5 Å². The van der Waals surface area contributed by atoms with Gasteiger partial charge in [-0.2, -0.15) is 0 Å². The maximum Gasteiger partial charge on any atom is 0.410 e. The number of nitrogens with one attached hydrogen (secondary N) is 1. The SMILES string of the molecule is O=C(NC1CCN(C(=O)OCc2ccccc2)CC1)c1cc(Cl)ccc1Cl. The number of halogens is 2. The van der Waals surface area contributed by atoms with E-state index in [2.05, 4.69) is 5.32 Å². The number of rotatable bonds is 4. The van der Waals surface area contributed by atoms with Crippen LogP contribution in [0.1, 0.15) is 28.8 Å². The predicted molar refractivity (Wildman–Crippen MR) is 105 cm³/mol. The Balaban J connectivity index is 1.46. The van der Waals surface area contributed by atoms with Crippen LogP contribution in [0.3, 0.4) is 0 Å². The Morgan fingerprint density at radius 3 is 2.48 bits per heavy atom. The summed E-state index contributed by atoms with van der Waals surface area (Å²) in [6.45, 7) is 1.31. The maximum absolute atomic E-state index is 12.4. The number of ether oxygens (including phenoxy) is 1. The van der Waals surface area contributed by atoms with Crippen LogP contribution < -0.4 is 5.32 Å². The molecule has 2 aromatic carbocycles. The fourth-order valence-electron chi connectivity index (χ4n) is 2.95. The van der Waals surface area contributed by atoms with E-state index in [-0.39, 0.29) is 24.6 Å². The van der Waals surface area contributed by atoms with Crippen molar-refractivity contribution in [1.82, 2.24) is 10.2 Å². The molecule has 1 N–H and O–H groups in total. The minimum atomic E-state index is -0.332. The lowest BCUT2D eigenvalue weighted by Crippen LogP contribution is -2.46. The van der Waals surface area contributed by atoms with Crippen LogP contribution in [0, 0.1) is 0 Å². The number of carbonyl (C=O) groups is 2. The van der Waals surface area contributed by atoms with Crippen molar-refractivity contribution >= 4 is 35.2 Å². The molecule has 1 fully saturated rings. The zero-order valence-corrected chi connectivity index (χ0v) is 16.2. The van der Waals surface area contributed by atoms with Crippen molar-refractivity contribution in [3.63, 3.8) is 0 Å². The smallest absolute Gasteiger partial charge is 0.410 e. The number of piperidine rings is 1. The van der Waals surface area contributed by atoms with E-state index in [1.807, 2.05) is 30.3 Å². The summed E-state index contributed by atoms with van der Waals surface area (Å²) in [5.74, 6) is -0.257. The van der Waals surface area contributed by atoms with Crippen LogP contribution in [0.15, 0.2) is 48.5 Å². The van der Waals surface area contributed by atoms with Gasteiger partial charge < -0.3 is 15.0 Å². The Labute approximate surface area is 168 Å². The van der Waals surface area contributed by atoms with Crippen molar-refractivity contribution in [3.8, 4) is 0 Å². The van der Waals surface area contributed by atoms with Gasteiger partial charge in [-0.3, -0.25) is 4.79 Å². The normalized spacial score (nSPS) is 14.7. The van der Waals surface area contributed by atoms with E-state index in [1.54, 1.807) is 23.1 Å². The molecule has 1 aliphatic heterocycles. The summed E-state index contributed by atoms with van der Waals surface area (Å²) >= 11 is 12.0. The second kappa shape index (κ2) is 9.11. The van der Waals surface area contributed by atoms with Crippen molar-refractivity contribution in [2.45, 2.75) is 25.5 Å². The first kappa shape index (κ1) is 19.5. The molecule has 27 heavy (non-hydrogen) atoms. The van der Waals surface area contributed by atoms with Gasteiger partial charge in [0.1, 0.15) is 6.61 Å². The summed E-state index contributed by atoms with van der Waals surface area (Å²) in [6, 6.07) is 14.3. The van der Waals surface area contributed by atoms with Crippen LogP contribution in [-0.2, 0) is 11.3 Å². The van der Waals surface area contributed by atoms with E-state index in [9.17, 15) is 9.59 Å². The molecule has 0 bridgehead atoms. The average molecular weight is 407 g/mol. The molecule has 0 spiro atoms. The number of likely N-dealkylation sites (tertiary alicyclic amines) is 1. The van der Waals surface area contributed by atoms with Crippen molar-refractivity contribution in [2.24, 2.45) is 0 Å². The molecular weight excluding hydrogens is 387 g/mol. The maximum atomic E-state index is 12.4. The highest BCUT2D eigenvalue weighted by Gasteiger charge is 2.25. The quantitative estimate of drug-likeness (QED) is 0.811. The molecule has 1 heterocycles. The zero-order chi connectivity index (χ0) is 19.2. The third-order valence-corrected chi connectivity index (χ3v) is 5.03. The Hall–Kier alpha value is -2.24. The van der Waals surface area contributed by atoms with Crippen LogP contribution >= 0.6 is 23.2 Å². The fourth-order valence-corrected chi connectivity index (χ4v) is 3.33. The van der Waals surface area contributed by atoms with Crippen molar-refractivity contribution in [1.29, 1.82) is 0 Å². The summed E-state index contributed by atoms with van der Waals surface area (Å²) in [4.78, 5) is 26.3. The van der Waals surface area contributed by atoms with E-state index in [0.717, 1.165) is 5.56 Å². The van der Waals surface area contributed by atoms with E-state index in [1.165, 1.54) is 0 Å². The molecule has 3 rings (SSSR count). The molecule has 0 atom stereocenters. The van der Waals surface area contributed by atoms with Gasteiger partial charge in [0.15, 0.2) is 0 Å². The number of hydrogen-bond acceptors (Lipinski definition) is 3. The third-order valence-electron chi connectivity index (χ3n) is 4.47. The Kier molecular flexibility index (Phi) is 6.58. The Morgan fingerprint density at radius 1 is 1.07 bits per heavy atom. The molecule has 5 nitrogen and oxygen atoms in total. The largest absolute Gasteiger partial charge is 0.445 e. The molecular formula is C20H20Cl2N2O3. The highest BCUT2D eigenvalue weighted by atomic mass is 35.5. The van der Waals surface area contributed by atoms with Crippen LogP contribution in [0.4, 0.5) is 4.79 Å². The van der Waals surface area contributed by atoms with Gasteiger partial charge in [0.25, 0.3) is 5.91 Å². The first-order valence-electron chi connectivity index (χ1n) is 8.74. The fraction of sp³-hybridized carbons (Fsp3) is 0.300. The van der Waals surface area contributed by atoms with Crippen LogP contribution in [0.5, 0.6) is 0 Å². The molecule has 0 saturated carbocycles. The second-order valence-corrected chi connectivity index (χ2v) is 7.24. The molecule has 7 heteroatoms. The third kappa shape index (κ3) is 5.37. The Morgan fingerprint density at radius 2 is 1.78 bits per heavy atom. The topological polar surface area (TPSA) is 58.6 Å². The van der Waals surface area contributed by atoms with Gasteiger partial charge in [0.05, 0.1) is 10.6 Å². The summed E-state index contributed by atoms with van der Waals surface area (Å²) in [5, 5.41) is 3.78. The molecule has 1 aliphatic rings. The monoisotopic (exact) mass is 406 g/mol. The second-order valence-electron chi connectivity index (χ2n) is 6.40. The van der Waals surface area contributed by atoms with Gasteiger partial charge in [-0.05, 0) is 36.6 Å². The molecule has 0 aromatic heterocycles. The van der Waals surface area contributed by atoms with Gasteiger partial charge >= 0.3 is 6.09 Å². The summed E-state index contributed by atoms with van der Waals surface area (Å²) in [7, 11) is 0. The highest BCUT2D eigenvalue weighted by Crippen LogP contribution is 2.21. The first-order chi connectivity index (χ1) is 13.0. The molecule has 0 unspecified atom stereocenters. The lowest BCUT2D eigenvalue weighted by molar-refractivity contribution is 0.0809. The minimum absolute atomic E-state index is 0.0225. The van der Waals surface area contributed by atoms with Crippen molar-refractivity contribution in [3.05, 3.63) is 69.7 Å². The summed E-state index contributed by atoms with van der Waals surface area (Å²) in [6.07, 6.45) is 0.982. The first-order valence-corrected chi connectivity index (χ1v) is 9.50. The van der Waals surface area contributed by atoms with E-state index in [4.69, 9.17) is 27.9 Å². The van der Waals surface area contributed by atoms with Crippen LogP contribution in [0.25, 0.3) is 0 Å².